The summed E-state index contributed by atoms with van der Waals surface area (Å²) in [5.41, 5.74) is 0.313. The third-order valence-electron chi connectivity index (χ3n) is 11.7. The fraction of sp³-hybridized carbons (Fsp3) is 0.857. The number of ether oxygens (including phenoxy) is 1. The zero-order valence-corrected chi connectivity index (χ0v) is 20.0. The van der Waals surface area contributed by atoms with Crippen molar-refractivity contribution in [1.29, 1.82) is 0 Å². The summed E-state index contributed by atoms with van der Waals surface area (Å²) in [6, 6.07) is 0.629. The third kappa shape index (κ3) is 2.61. The molecule has 4 heteroatoms. The summed E-state index contributed by atoms with van der Waals surface area (Å²) in [6.45, 7) is 5.66. The third-order valence-corrected chi connectivity index (χ3v) is 11.7. The number of carbonyl (C=O) groups excluding carboxylic acids is 2. The molecule has 6 rings (SSSR count). The van der Waals surface area contributed by atoms with E-state index in [2.05, 4.69) is 17.7 Å². The van der Waals surface area contributed by atoms with Crippen LogP contribution in [0.5, 0.6) is 0 Å². The van der Waals surface area contributed by atoms with E-state index in [1.807, 2.05) is 0 Å². The fourth-order valence-corrected chi connectivity index (χ4v) is 10.3. The average molecular weight is 438 g/mol. The van der Waals surface area contributed by atoms with Gasteiger partial charge >= 0.3 is 5.97 Å². The molecule has 0 radical (unpaired) electrons. The number of fused-ring (bicyclic) bond motifs is 3. The first-order valence-corrected chi connectivity index (χ1v) is 13.2. The Morgan fingerprint density at radius 1 is 1.12 bits per heavy atom. The van der Waals surface area contributed by atoms with Gasteiger partial charge in [0.1, 0.15) is 5.78 Å². The SMILES string of the molecule is C#C[C@]1(OC(C)=O)CC[C@H]2[C@@H]3CC[C@]45CC(N6CCCC(=O)C6)CC[C@]4(C5)[C@H]3CC[C@@]21C. The van der Waals surface area contributed by atoms with Crippen molar-refractivity contribution in [3.63, 3.8) is 0 Å². The van der Waals surface area contributed by atoms with Crippen molar-refractivity contribution in [2.45, 2.75) is 103 Å². The van der Waals surface area contributed by atoms with Crippen molar-refractivity contribution in [3.8, 4) is 12.3 Å². The number of ketones is 1. The lowest BCUT2D eigenvalue weighted by molar-refractivity contribution is -0.170. The van der Waals surface area contributed by atoms with Crippen LogP contribution in [0.1, 0.15) is 90.9 Å². The number of rotatable bonds is 2. The molecule has 8 atom stereocenters. The van der Waals surface area contributed by atoms with Crippen LogP contribution in [0.15, 0.2) is 0 Å². The number of carbonyl (C=O) groups is 2. The van der Waals surface area contributed by atoms with E-state index in [1.165, 1.54) is 51.9 Å². The van der Waals surface area contributed by atoms with Crippen molar-refractivity contribution >= 4 is 11.8 Å². The minimum Gasteiger partial charge on any atom is -0.445 e. The summed E-state index contributed by atoms with van der Waals surface area (Å²) in [5.74, 6) is 5.35. The molecule has 1 heterocycles. The van der Waals surface area contributed by atoms with E-state index in [4.69, 9.17) is 11.2 Å². The second kappa shape index (κ2) is 6.84. The van der Waals surface area contributed by atoms with Crippen molar-refractivity contribution in [1.82, 2.24) is 4.90 Å². The second-order valence-corrected chi connectivity index (χ2v) is 12.6. The van der Waals surface area contributed by atoms with Gasteiger partial charge in [0.25, 0.3) is 0 Å². The fourth-order valence-electron chi connectivity index (χ4n) is 10.3. The highest BCUT2D eigenvalue weighted by Gasteiger charge is 2.77. The zero-order chi connectivity index (χ0) is 22.4. The molecule has 6 aliphatic rings. The molecule has 0 N–H and O–H groups in total. The lowest BCUT2D eigenvalue weighted by Gasteiger charge is -2.57. The quantitative estimate of drug-likeness (QED) is 0.462. The van der Waals surface area contributed by atoms with Gasteiger partial charge in [-0.15, -0.1) is 6.42 Å². The molecule has 0 spiro atoms. The Kier molecular flexibility index (Phi) is 4.54. The second-order valence-electron chi connectivity index (χ2n) is 12.6. The molecule has 32 heavy (non-hydrogen) atoms. The number of nitrogens with zero attached hydrogens (tertiary/aromatic N) is 1. The molecule has 1 aliphatic heterocycles. The Labute approximate surface area is 193 Å². The molecule has 4 nitrogen and oxygen atoms in total. The van der Waals surface area contributed by atoms with Gasteiger partial charge in [0.15, 0.2) is 5.60 Å². The Balaban J connectivity index is 1.22. The number of hydrogen-bond donors (Lipinski definition) is 0. The molecule has 1 saturated heterocycles. The standard InChI is InChI=1S/C28H39NO3/c1-4-28(32-19(2)30)14-10-23-22-8-12-26-16-20(29-15-5-6-21(31)17-29)7-13-27(26,18-26)24(22)9-11-25(23,28)3/h1,20,22-24H,5-18H2,2-3H3/t20?,22-,23-,24-,25-,26+,27-,28-/m0/s1. The first-order valence-electron chi connectivity index (χ1n) is 13.2. The van der Waals surface area contributed by atoms with E-state index >= 15 is 0 Å². The Morgan fingerprint density at radius 3 is 2.69 bits per heavy atom. The van der Waals surface area contributed by atoms with E-state index in [-0.39, 0.29) is 11.4 Å². The predicted molar refractivity (Wildman–Crippen MR) is 123 cm³/mol. The summed E-state index contributed by atoms with van der Waals surface area (Å²) >= 11 is 0. The van der Waals surface area contributed by atoms with Crippen LogP contribution in [0.25, 0.3) is 0 Å². The summed E-state index contributed by atoms with van der Waals surface area (Å²) in [4.78, 5) is 26.5. The van der Waals surface area contributed by atoms with Crippen LogP contribution >= 0.6 is 0 Å². The number of likely N-dealkylation sites (tertiary alicyclic amines) is 1. The number of Topliss-reactive ketones (excluding diaryl/α,β-unsaturated/α-hetero) is 1. The van der Waals surface area contributed by atoms with Gasteiger partial charge in [-0.2, -0.15) is 0 Å². The minimum atomic E-state index is -0.706. The molecule has 6 fully saturated rings. The van der Waals surface area contributed by atoms with Gasteiger partial charge in [-0.1, -0.05) is 12.8 Å². The number of hydrogen-bond acceptors (Lipinski definition) is 4. The zero-order valence-electron chi connectivity index (χ0n) is 20.0. The summed E-state index contributed by atoms with van der Waals surface area (Å²) < 4.78 is 5.92. The number of terminal acetylenes is 1. The monoisotopic (exact) mass is 437 g/mol. The molecule has 5 saturated carbocycles. The molecule has 174 valence electrons. The van der Waals surface area contributed by atoms with Crippen LogP contribution < -0.4 is 0 Å². The largest absolute Gasteiger partial charge is 0.445 e. The highest BCUT2D eigenvalue weighted by molar-refractivity contribution is 5.81. The molecule has 1 unspecified atom stereocenters. The van der Waals surface area contributed by atoms with Crippen LogP contribution in [0.3, 0.4) is 0 Å². The van der Waals surface area contributed by atoms with Crippen molar-refractivity contribution in [3.05, 3.63) is 0 Å². The van der Waals surface area contributed by atoms with E-state index in [1.54, 1.807) is 0 Å². The van der Waals surface area contributed by atoms with Gasteiger partial charge in [-0.05, 0) is 106 Å². The average Bonchev–Trinajstić information content (AvgIpc) is 3.38. The molecule has 0 bridgehead atoms. The van der Waals surface area contributed by atoms with Gasteiger partial charge in [-0.25, -0.2) is 0 Å². The Hall–Kier alpha value is -1.34. The van der Waals surface area contributed by atoms with Gasteiger partial charge in [0.05, 0.1) is 6.54 Å². The molecule has 0 amide bonds. The van der Waals surface area contributed by atoms with Crippen LogP contribution in [-0.4, -0.2) is 41.4 Å². The number of piperidine rings is 1. The summed E-state index contributed by atoms with van der Waals surface area (Å²) in [7, 11) is 0. The maximum Gasteiger partial charge on any atom is 0.304 e. The number of esters is 1. The topological polar surface area (TPSA) is 46.6 Å². The van der Waals surface area contributed by atoms with Gasteiger partial charge in [0.2, 0.25) is 0 Å². The highest BCUT2D eigenvalue weighted by Crippen LogP contribution is 2.83. The van der Waals surface area contributed by atoms with E-state index in [9.17, 15) is 9.59 Å². The molecule has 5 aliphatic carbocycles. The molecular weight excluding hydrogens is 398 g/mol. The van der Waals surface area contributed by atoms with Gasteiger partial charge in [-0.3, -0.25) is 14.5 Å². The van der Waals surface area contributed by atoms with Crippen molar-refractivity contribution in [2.75, 3.05) is 13.1 Å². The van der Waals surface area contributed by atoms with Crippen LogP contribution in [0.2, 0.25) is 0 Å². The molecule has 0 aromatic rings. The van der Waals surface area contributed by atoms with Crippen LogP contribution in [-0.2, 0) is 14.3 Å². The molecule has 0 aromatic carbocycles. The lowest BCUT2D eigenvalue weighted by atomic mass is 9.49. The lowest BCUT2D eigenvalue weighted by Crippen LogP contribution is -2.55. The first kappa shape index (κ1) is 21.2. The van der Waals surface area contributed by atoms with Crippen molar-refractivity contribution in [2.24, 2.45) is 34.0 Å². The Morgan fingerprint density at radius 2 is 1.94 bits per heavy atom. The summed E-state index contributed by atoms with van der Waals surface area (Å²) in [6.07, 6.45) is 20.2. The van der Waals surface area contributed by atoms with E-state index in [0.29, 0.717) is 35.1 Å². The van der Waals surface area contributed by atoms with Crippen LogP contribution in [0, 0.1) is 46.3 Å². The van der Waals surface area contributed by atoms with Gasteiger partial charge in [0, 0.05) is 24.8 Å². The molecular formula is C28H39NO3. The Bertz CT molecular complexity index is 892. The maximum atomic E-state index is 12.1. The van der Waals surface area contributed by atoms with E-state index in [0.717, 1.165) is 50.5 Å². The normalized spacial score (nSPS) is 52.1. The van der Waals surface area contributed by atoms with Gasteiger partial charge < -0.3 is 4.74 Å². The summed E-state index contributed by atoms with van der Waals surface area (Å²) in [5, 5.41) is 0. The predicted octanol–water partition coefficient (Wildman–Crippen LogP) is 4.75. The highest BCUT2D eigenvalue weighted by atomic mass is 16.6. The maximum absolute atomic E-state index is 12.1. The first-order chi connectivity index (χ1) is 15.3. The van der Waals surface area contributed by atoms with Crippen molar-refractivity contribution < 1.29 is 14.3 Å². The molecule has 0 aromatic heterocycles. The van der Waals surface area contributed by atoms with Crippen LogP contribution in [0.4, 0.5) is 0 Å². The smallest absolute Gasteiger partial charge is 0.304 e. The minimum absolute atomic E-state index is 0.0779. The van der Waals surface area contributed by atoms with E-state index < -0.39 is 5.60 Å².